The molecule has 0 aliphatic heterocycles. The lowest BCUT2D eigenvalue weighted by atomic mass is 10.2. The molecule has 0 aliphatic rings. The zero-order valence-electron chi connectivity index (χ0n) is 12.7. The molecule has 2 heterocycles. The molecule has 3 aromatic rings. The van der Waals surface area contributed by atoms with Crippen LogP contribution < -0.4 is 4.74 Å². The van der Waals surface area contributed by atoms with E-state index in [1.807, 2.05) is 36.4 Å². The van der Waals surface area contributed by atoms with E-state index in [-0.39, 0.29) is 5.82 Å². The van der Waals surface area contributed by atoms with Crippen molar-refractivity contribution >= 4 is 16.7 Å². The van der Waals surface area contributed by atoms with E-state index < -0.39 is 4.92 Å². The monoisotopic (exact) mass is 312 g/mol. The number of rotatable bonds is 6. The average Bonchev–Trinajstić information content (AvgIpc) is 2.92. The van der Waals surface area contributed by atoms with E-state index in [0.717, 1.165) is 10.9 Å². The van der Waals surface area contributed by atoms with Crippen LogP contribution in [0, 0.1) is 17.0 Å². The molecule has 0 saturated heterocycles. The Bertz CT molecular complexity index is 844. The minimum absolute atomic E-state index is 0.00586. The molecule has 7 nitrogen and oxygen atoms in total. The van der Waals surface area contributed by atoms with E-state index in [1.54, 1.807) is 11.5 Å². The quantitative estimate of drug-likeness (QED) is 0.397. The van der Waals surface area contributed by atoms with Crippen molar-refractivity contribution in [3.05, 3.63) is 58.5 Å². The van der Waals surface area contributed by atoms with Gasteiger partial charge in [0.05, 0.1) is 18.7 Å². The van der Waals surface area contributed by atoms with Crippen LogP contribution in [0.5, 0.6) is 5.88 Å². The predicted octanol–water partition coefficient (Wildman–Crippen LogP) is 3.12. The summed E-state index contributed by atoms with van der Waals surface area (Å²) in [6.07, 6.45) is 1.91. The summed E-state index contributed by atoms with van der Waals surface area (Å²) in [7, 11) is 0. The molecule has 0 bridgehead atoms. The number of aromatic nitrogens is 3. The third-order valence-electron chi connectivity index (χ3n) is 3.57. The van der Waals surface area contributed by atoms with Crippen molar-refractivity contribution in [3.63, 3.8) is 0 Å². The number of pyridine rings is 1. The zero-order valence-corrected chi connectivity index (χ0v) is 12.7. The van der Waals surface area contributed by atoms with Crippen LogP contribution in [0.15, 0.2) is 42.6 Å². The van der Waals surface area contributed by atoms with E-state index in [9.17, 15) is 10.1 Å². The molecular weight excluding hydrogens is 296 g/mol. The van der Waals surface area contributed by atoms with Gasteiger partial charge in [0.2, 0.25) is 5.88 Å². The third kappa shape index (κ3) is 3.28. The summed E-state index contributed by atoms with van der Waals surface area (Å²) in [5.74, 6) is 1.19. The molecule has 7 heteroatoms. The standard InChI is InChI=1S/C16H16N4O3/c1-12-17-11-16(20(21)22)19(12)9-4-10-23-15-8-7-13-5-2-3-6-14(13)18-15/h2-3,5-8,11H,4,9-10H2,1H3. The summed E-state index contributed by atoms with van der Waals surface area (Å²) in [6, 6.07) is 11.6. The first-order valence-corrected chi connectivity index (χ1v) is 7.30. The highest BCUT2D eigenvalue weighted by atomic mass is 16.6. The number of nitrogens with zero attached hydrogens (tertiary/aromatic N) is 4. The van der Waals surface area contributed by atoms with E-state index >= 15 is 0 Å². The van der Waals surface area contributed by atoms with Gasteiger partial charge in [0.1, 0.15) is 6.20 Å². The predicted molar refractivity (Wildman–Crippen MR) is 85.5 cm³/mol. The molecule has 0 atom stereocenters. The summed E-state index contributed by atoms with van der Waals surface area (Å²) in [4.78, 5) is 18.9. The van der Waals surface area contributed by atoms with Crippen LogP contribution in [0.25, 0.3) is 10.9 Å². The van der Waals surface area contributed by atoms with Gasteiger partial charge in [-0.1, -0.05) is 18.2 Å². The van der Waals surface area contributed by atoms with Gasteiger partial charge in [-0.25, -0.2) is 14.5 Å². The highest BCUT2D eigenvalue weighted by Gasteiger charge is 2.16. The van der Waals surface area contributed by atoms with Crippen molar-refractivity contribution < 1.29 is 9.66 Å². The fraction of sp³-hybridized carbons (Fsp3) is 0.250. The van der Waals surface area contributed by atoms with E-state index in [0.29, 0.717) is 31.3 Å². The molecule has 1 aromatic carbocycles. The lowest BCUT2D eigenvalue weighted by Crippen LogP contribution is -2.09. The first-order valence-electron chi connectivity index (χ1n) is 7.30. The SMILES string of the molecule is Cc1ncc([N+](=O)[O-])n1CCCOc1ccc2ccccc2n1. The zero-order chi connectivity index (χ0) is 16.2. The van der Waals surface area contributed by atoms with Crippen LogP contribution in [-0.4, -0.2) is 26.1 Å². The number of benzene rings is 1. The van der Waals surface area contributed by atoms with Crippen LogP contribution in [0.1, 0.15) is 12.2 Å². The first kappa shape index (κ1) is 15.0. The molecule has 3 rings (SSSR count). The highest BCUT2D eigenvalue weighted by Crippen LogP contribution is 2.17. The highest BCUT2D eigenvalue weighted by molar-refractivity contribution is 5.78. The van der Waals surface area contributed by atoms with E-state index in [2.05, 4.69) is 9.97 Å². The topological polar surface area (TPSA) is 83.1 Å². The van der Waals surface area contributed by atoms with Crippen molar-refractivity contribution in [2.24, 2.45) is 0 Å². The Hall–Kier alpha value is -2.96. The minimum atomic E-state index is -0.425. The van der Waals surface area contributed by atoms with Gasteiger partial charge in [-0.05, 0) is 17.1 Å². The molecule has 0 spiro atoms. The normalized spacial score (nSPS) is 10.8. The summed E-state index contributed by atoms with van der Waals surface area (Å²) in [5, 5.41) is 12.0. The number of nitro groups is 1. The van der Waals surface area contributed by atoms with Crippen LogP contribution in [-0.2, 0) is 6.54 Å². The van der Waals surface area contributed by atoms with Gasteiger partial charge in [0, 0.05) is 24.8 Å². The van der Waals surface area contributed by atoms with Crippen LogP contribution in [0.3, 0.4) is 0 Å². The van der Waals surface area contributed by atoms with Gasteiger partial charge in [0.25, 0.3) is 0 Å². The molecule has 0 radical (unpaired) electrons. The lowest BCUT2D eigenvalue weighted by Gasteiger charge is -2.06. The first-order chi connectivity index (χ1) is 11.1. The summed E-state index contributed by atoms with van der Waals surface area (Å²) < 4.78 is 7.22. The number of imidazole rings is 1. The molecule has 0 N–H and O–H groups in total. The fourth-order valence-corrected chi connectivity index (χ4v) is 2.41. The average molecular weight is 312 g/mol. The van der Waals surface area contributed by atoms with Gasteiger partial charge in [-0.2, -0.15) is 0 Å². The summed E-state index contributed by atoms with van der Waals surface area (Å²) in [6.45, 7) is 2.66. The maximum Gasteiger partial charge on any atom is 0.342 e. The molecule has 118 valence electrons. The maximum atomic E-state index is 10.9. The van der Waals surface area contributed by atoms with Crippen LogP contribution in [0.2, 0.25) is 0 Å². The molecule has 0 fully saturated rings. The Morgan fingerprint density at radius 2 is 2.09 bits per heavy atom. The molecule has 0 aliphatic carbocycles. The number of para-hydroxylation sites is 1. The Balaban J connectivity index is 1.59. The lowest BCUT2D eigenvalue weighted by molar-refractivity contribution is -0.392. The largest absolute Gasteiger partial charge is 0.477 e. The van der Waals surface area contributed by atoms with E-state index in [4.69, 9.17) is 4.74 Å². The fourth-order valence-electron chi connectivity index (χ4n) is 2.41. The smallest absolute Gasteiger partial charge is 0.342 e. The van der Waals surface area contributed by atoms with Crippen molar-refractivity contribution in [2.75, 3.05) is 6.61 Å². The maximum absolute atomic E-state index is 10.9. The number of aryl methyl sites for hydroxylation is 1. The molecule has 23 heavy (non-hydrogen) atoms. The third-order valence-corrected chi connectivity index (χ3v) is 3.57. The second-order valence-corrected chi connectivity index (χ2v) is 5.12. The van der Waals surface area contributed by atoms with Crippen LogP contribution >= 0.6 is 0 Å². The van der Waals surface area contributed by atoms with Crippen LogP contribution in [0.4, 0.5) is 5.82 Å². The van der Waals surface area contributed by atoms with Gasteiger partial charge >= 0.3 is 5.82 Å². The Morgan fingerprint density at radius 1 is 1.26 bits per heavy atom. The molecule has 2 aromatic heterocycles. The molecule has 0 amide bonds. The summed E-state index contributed by atoms with van der Waals surface area (Å²) >= 11 is 0. The van der Waals surface area contributed by atoms with Gasteiger partial charge in [0.15, 0.2) is 5.82 Å². The second kappa shape index (κ2) is 6.43. The van der Waals surface area contributed by atoms with Gasteiger partial charge in [-0.15, -0.1) is 0 Å². The Kier molecular flexibility index (Phi) is 4.18. The number of hydrogen-bond donors (Lipinski definition) is 0. The van der Waals surface area contributed by atoms with Gasteiger partial charge < -0.3 is 14.9 Å². The minimum Gasteiger partial charge on any atom is -0.477 e. The number of fused-ring (bicyclic) bond motifs is 1. The van der Waals surface area contributed by atoms with Crippen molar-refractivity contribution in [1.29, 1.82) is 0 Å². The van der Waals surface area contributed by atoms with Crippen molar-refractivity contribution in [2.45, 2.75) is 19.9 Å². The Labute approximate surface area is 132 Å². The van der Waals surface area contributed by atoms with Gasteiger partial charge in [-0.3, -0.25) is 0 Å². The number of hydrogen-bond acceptors (Lipinski definition) is 5. The number of ether oxygens (including phenoxy) is 1. The van der Waals surface area contributed by atoms with E-state index in [1.165, 1.54) is 6.20 Å². The molecule has 0 saturated carbocycles. The summed E-state index contributed by atoms with van der Waals surface area (Å²) in [5.41, 5.74) is 0.881. The van der Waals surface area contributed by atoms with Crippen molar-refractivity contribution in [1.82, 2.24) is 14.5 Å². The second-order valence-electron chi connectivity index (χ2n) is 5.12. The molecule has 0 unspecified atom stereocenters. The molecular formula is C16H16N4O3. The van der Waals surface area contributed by atoms with Crippen molar-refractivity contribution in [3.8, 4) is 5.88 Å². The Morgan fingerprint density at radius 3 is 2.91 bits per heavy atom.